The number of aryl methyl sites for hydroxylation is 1. The Bertz CT molecular complexity index is 960. The summed E-state index contributed by atoms with van der Waals surface area (Å²) < 4.78 is 6.15. The van der Waals surface area contributed by atoms with Gasteiger partial charge in [-0.05, 0) is 13.8 Å². The Morgan fingerprint density at radius 3 is 2.16 bits per heavy atom. The zero-order valence-corrected chi connectivity index (χ0v) is 18.8. The van der Waals surface area contributed by atoms with Crippen molar-refractivity contribution in [1.29, 1.82) is 0 Å². The molecular weight excluding hydrogens is 402 g/mol. The molecule has 0 radical (unpaired) electrons. The van der Waals surface area contributed by atoms with Gasteiger partial charge in [-0.1, -0.05) is 60.7 Å². The molecule has 0 unspecified atom stereocenters. The highest BCUT2D eigenvalue weighted by molar-refractivity contribution is 5.78. The van der Waals surface area contributed by atoms with Gasteiger partial charge in [-0.15, -0.1) is 0 Å². The second-order valence-corrected chi connectivity index (χ2v) is 8.99. The Morgan fingerprint density at radius 2 is 1.56 bits per heavy atom. The fourth-order valence-electron chi connectivity index (χ4n) is 4.12. The molecular formula is C26H31N3O3. The molecule has 6 nitrogen and oxygen atoms in total. The third kappa shape index (κ3) is 5.64. The number of carbonyl (C=O) groups is 1. The van der Waals surface area contributed by atoms with Gasteiger partial charge in [0.2, 0.25) is 5.91 Å². The summed E-state index contributed by atoms with van der Waals surface area (Å²) >= 11 is 0. The van der Waals surface area contributed by atoms with Crippen molar-refractivity contribution in [3.63, 3.8) is 0 Å². The lowest BCUT2D eigenvalue weighted by Crippen LogP contribution is -2.52. The fraction of sp³-hybridized carbons (Fsp3) is 0.385. The van der Waals surface area contributed by atoms with Crippen LogP contribution in [0.15, 0.2) is 65.1 Å². The molecule has 1 N–H and O–H groups in total. The van der Waals surface area contributed by atoms with Crippen LogP contribution in [0.4, 0.5) is 0 Å². The van der Waals surface area contributed by atoms with Crippen molar-refractivity contribution in [2.24, 2.45) is 0 Å². The largest absolute Gasteiger partial charge is 0.440 e. The highest BCUT2D eigenvalue weighted by Crippen LogP contribution is 2.32. The molecule has 1 saturated heterocycles. The van der Waals surface area contributed by atoms with Crippen molar-refractivity contribution in [3.05, 3.63) is 66.6 Å². The van der Waals surface area contributed by atoms with E-state index in [1.54, 1.807) is 0 Å². The van der Waals surface area contributed by atoms with E-state index < -0.39 is 5.60 Å². The molecule has 4 rings (SSSR count). The number of nitrogens with zero attached hydrogens (tertiary/aromatic N) is 3. The molecule has 2 heterocycles. The van der Waals surface area contributed by atoms with Crippen LogP contribution in [0.3, 0.4) is 0 Å². The number of rotatable bonds is 7. The van der Waals surface area contributed by atoms with Gasteiger partial charge in [-0.25, -0.2) is 4.98 Å². The molecule has 1 aliphatic rings. The third-order valence-corrected chi connectivity index (χ3v) is 5.64. The van der Waals surface area contributed by atoms with Crippen LogP contribution in [0, 0.1) is 0 Å². The number of β-amino-alcohol motifs (C(OH)–C–C–N with tert-alkyl or cyclic N) is 1. The summed E-state index contributed by atoms with van der Waals surface area (Å²) in [4.78, 5) is 21.6. The lowest BCUT2D eigenvalue weighted by atomic mass is 10.1. The normalized spacial score (nSPS) is 15.2. The molecule has 6 heteroatoms. The maximum atomic E-state index is 12.8. The molecule has 2 aromatic carbocycles. The SMILES string of the molecule is CC(C)(O)CN1CCN(C(=O)CCc2nc(-c3ccccc3)c(-c3ccccc3)o2)CC1. The number of hydrogen-bond acceptors (Lipinski definition) is 5. The number of hydrogen-bond donors (Lipinski definition) is 1. The van der Waals surface area contributed by atoms with Crippen molar-refractivity contribution in [1.82, 2.24) is 14.8 Å². The van der Waals surface area contributed by atoms with Gasteiger partial charge in [-0.2, -0.15) is 0 Å². The van der Waals surface area contributed by atoms with E-state index in [0.29, 0.717) is 38.4 Å². The predicted octanol–water partition coefficient (Wildman–Crippen LogP) is 3.86. The molecule has 1 aromatic heterocycles. The minimum Gasteiger partial charge on any atom is -0.440 e. The Kier molecular flexibility index (Phi) is 6.72. The monoisotopic (exact) mass is 433 g/mol. The molecule has 0 aliphatic carbocycles. The number of oxazole rings is 1. The van der Waals surface area contributed by atoms with Crippen LogP contribution < -0.4 is 0 Å². The quantitative estimate of drug-likeness (QED) is 0.613. The average Bonchev–Trinajstić information content (AvgIpc) is 3.22. The zero-order valence-electron chi connectivity index (χ0n) is 18.8. The highest BCUT2D eigenvalue weighted by atomic mass is 16.4. The van der Waals surface area contributed by atoms with E-state index in [1.165, 1.54) is 0 Å². The number of carbonyl (C=O) groups excluding carboxylic acids is 1. The van der Waals surface area contributed by atoms with Crippen molar-refractivity contribution in [3.8, 4) is 22.6 Å². The van der Waals surface area contributed by atoms with Gasteiger partial charge in [0.25, 0.3) is 0 Å². The number of piperazine rings is 1. The van der Waals surface area contributed by atoms with E-state index >= 15 is 0 Å². The second kappa shape index (κ2) is 9.67. The molecule has 1 amide bonds. The topological polar surface area (TPSA) is 69.8 Å². The van der Waals surface area contributed by atoms with Crippen LogP contribution in [-0.2, 0) is 11.2 Å². The molecule has 0 bridgehead atoms. The van der Waals surface area contributed by atoms with Crippen LogP contribution in [0.25, 0.3) is 22.6 Å². The van der Waals surface area contributed by atoms with Gasteiger partial charge in [-0.3, -0.25) is 9.69 Å². The summed E-state index contributed by atoms with van der Waals surface area (Å²) in [6.07, 6.45) is 0.837. The summed E-state index contributed by atoms with van der Waals surface area (Å²) in [5.74, 6) is 1.44. The summed E-state index contributed by atoms with van der Waals surface area (Å²) in [6.45, 7) is 7.19. The van der Waals surface area contributed by atoms with E-state index in [9.17, 15) is 9.90 Å². The lowest BCUT2D eigenvalue weighted by molar-refractivity contribution is -0.133. The molecule has 0 spiro atoms. The van der Waals surface area contributed by atoms with Crippen LogP contribution >= 0.6 is 0 Å². The lowest BCUT2D eigenvalue weighted by Gasteiger charge is -2.37. The van der Waals surface area contributed by atoms with Gasteiger partial charge < -0.3 is 14.4 Å². The van der Waals surface area contributed by atoms with Gasteiger partial charge in [0.05, 0.1) is 5.60 Å². The maximum Gasteiger partial charge on any atom is 0.223 e. The number of aliphatic hydroxyl groups is 1. The Labute approximate surface area is 189 Å². The molecule has 1 fully saturated rings. The Hall–Kier alpha value is -2.96. The third-order valence-electron chi connectivity index (χ3n) is 5.64. The predicted molar refractivity (Wildman–Crippen MR) is 125 cm³/mol. The Balaban J connectivity index is 1.42. The minimum atomic E-state index is -0.718. The second-order valence-electron chi connectivity index (χ2n) is 8.99. The first-order valence-corrected chi connectivity index (χ1v) is 11.2. The molecule has 0 atom stereocenters. The van der Waals surface area contributed by atoms with Gasteiger partial charge >= 0.3 is 0 Å². The average molecular weight is 434 g/mol. The van der Waals surface area contributed by atoms with E-state index in [2.05, 4.69) is 4.90 Å². The summed E-state index contributed by atoms with van der Waals surface area (Å²) in [5.41, 5.74) is 2.05. The first-order valence-electron chi connectivity index (χ1n) is 11.2. The van der Waals surface area contributed by atoms with Crippen molar-refractivity contribution < 1.29 is 14.3 Å². The molecule has 1 aliphatic heterocycles. The van der Waals surface area contributed by atoms with Crippen LogP contribution in [0.1, 0.15) is 26.2 Å². The van der Waals surface area contributed by atoms with E-state index in [-0.39, 0.29) is 5.91 Å². The van der Waals surface area contributed by atoms with E-state index in [1.807, 2.05) is 79.4 Å². The van der Waals surface area contributed by atoms with E-state index in [4.69, 9.17) is 9.40 Å². The van der Waals surface area contributed by atoms with Crippen molar-refractivity contribution in [2.75, 3.05) is 32.7 Å². The minimum absolute atomic E-state index is 0.119. The van der Waals surface area contributed by atoms with Crippen molar-refractivity contribution in [2.45, 2.75) is 32.3 Å². The van der Waals surface area contributed by atoms with Crippen LogP contribution in [0.5, 0.6) is 0 Å². The molecule has 3 aromatic rings. The number of aromatic nitrogens is 1. The first kappa shape index (κ1) is 22.2. The summed E-state index contributed by atoms with van der Waals surface area (Å²) in [5, 5.41) is 10.0. The molecule has 168 valence electrons. The summed E-state index contributed by atoms with van der Waals surface area (Å²) in [7, 11) is 0. The molecule has 0 saturated carbocycles. The van der Waals surface area contributed by atoms with Crippen molar-refractivity contribution >= 4 is 5.91 Å². The number of amides is 1. The fourth-order valence-corrected chi connectivity index (χ4v) is 4.12. The zero-order chi connectivity index (χ0) is 22.6. The molecule has 32 heavy (non-hydrogen) atoms. The maximum absolute atomic E-state index is 12.8. The van der Waals surface area contributed by atoms with Gasteiger partial charge in [0, 0.05) is 56.7 Å². The van der Waals surface area contributed by atoms with Gasteiger partial charge in [0.15, 0.2) is 11.7 Å². The first-order chi connectivity index (χ1) is 15.4. The van der Waals surface area contributed by atoms with Crippen LogP contribution in [0.2, 0.25) is 0 Å². The highest BCUT2D eigenvalue weighted by Gasteiger charge is 2.25. The van der Waals surface area contributed by atoms with Crippen LogP contribution in [-0.4, -0.2) is 64.1 Å². The number of benzene rings is 2. The summed E-state index contributed by atoms with van der Waals surface area (Å²) in [6, 6.07) is 19.9. The Morgan fingerprint density at radius 1 is 0.969 bits per heavy atom. The smallest absolute Gasteiger partial charge is 0.223 e. The standard InChI is InChI=1S/C26H31N3O3/c1-26(2,31)19-28-15-17-29(18-16-28)23(30)14-13-22-27-24(20-9-5-3-6-10-20)25(32-22)21-11-7-4-8-12-21/h3-12,31H,13-19H2,1-2H3. The van der Waals surface area contributed by atoms with E-state index in [0.717, 1.165) is 35.7 Å². The van der Waals surface area contributed by atoms with Gasteiger partial charge in [0.1, 0.15) is 5.69 Å².